The maximum Gasteiger partial charge on any atom is 0.306 e. The maximum absolute atomic E-state index is 12.9. The molecular weight excluding hydrogens is 913 g/mol. The monoisotopic (exact) mass is 1040 g/mol. The van der Waals surface area contributed by atoms with Crippen LogP contribution in [0.3, 0.4) is 0 Å². The zero-order valence-corrected chi connectivity index (χ0v) is 49.6. The maximum atomic E-state index is 12.9. The lowest BCUT2D eigenvalue weighted by Gasteiger charge is -2.18. The average Bonchev–Trinajstić information content (AvgIpc) is 3.40. The molecule has 1 atom stereocenters. The minimum atomic E-state index is -0.777. The molecule has 0 aliphatic carbocycles. The first-order chi connectivity index (χ1) is 36.5. The predicted octanol–water partition coefficient (Wildman–Crippen LogP) is 22.2. The number of allylic oxidation sites excluding steroid dienone is 8. The van der Waals surface area contributed by atoms with Gasteiger partial charge in [-0.2, -0.15) is 0 Å². The second-order valence-corrected chi connectivity index (χ2v) is 22.0. The Morgan fingerprint density at radius 1 is 0.270 bits per heavy atom. The standard InChI is InChI=1S/C68H124O6/c1-4-7-10-13-16-19-21-23-25-27-29-31-32-33-34-35-36-38-39-41-43-45-47-49-52-55-58-61-67(70)73-64-65(63-72-66(69)60-57-54-51-18-15-12-9-6-3)74-68(71)62-59-56-53-50-48-46-44-42-40-37-30-28-26-24-22-20-17-14-11-8-5-2/h22,24,27-30,40,42,65H,4-21,23,25-26,31-39,41,43-64H2,1-3H3/b24-22-,29-27-,30-28-,42-40-. The van der Waals surface area contributed by atoms with Gasteiger partial charge in [-0.25, -0.2) is 0 Å². The minimum absolute atomic E-state index is 0.0751. The van der Waals surface area contributed by atoms with Gasteiger partial charge in [0.25, 0.3) is 0 Å². The fourth-order valence-electron chi connectivity index (χ4n) is 9.62. The van der Waals surface area contributed by atoms with Gasteiger partial charge >= 0.3 is 17.9 Å². The van der Waals surface area contributed by atoms with Crippen LogP contribution in [0, 0.1) is 0 Å². The Morgan fingerprint density at radius 2 is 0.486 bits per heavy atom. The van der Waals surface area contributed by atoms with Crippen molar-refractivity contribution in [2.75, 3.05) is 13.2 Å². The molecule has 0 aromatic carbocycles. The van der Waals surface area contributed by atoms with E-state index in [-0.39, 0.29) is 31.1 Å². The van der Waals surface area contributed by atoms with Crippen LogP contribution in [-0.4, -0.2) is 37.2 Å². The first-order valence-corrected chi connectivity index (χ1v) is 32.6. The van der Waals surface area contributed by atoms with E-state index in [1.807, 2.05) is 0 Å². The van der Waals surface area contributed by atoms with Crippen molar-refractivity contribution in [1.82, 2.24) is 0 Å². The summed E-state index contributed by atoms with van der Waals surface area (Å²) in [5.74, 6) is -0.874. The van der Waals surface area contributed by atoms with Crippen molar-refractivity contribution >= 4 is 17.9 Å². The molecule has 0 heterocycles. The van der Waals surface area contributed by atoms with E-state index in [0.29, 0.717) is 19.3 Å². The van der Waals surface area contributed by atoms with Gasteiger partial charge in [0.1, 0.15) is 13.2 Å². The summed E-state index contributed by atoms with van der Waals surface area (Å²) in [7, 11) is 0. The predicted molar refractivity (Wildman–Crippen MR) is 321 cm³/mol. The molecule has 0 fully saturated rings. The van der Waals surface area contributed by atoms with Crippen molar-refractivity contribution in [1.29, 1.82) is 0 Å². The Hall–Kier alpha value is -2.63. The summed E-state index contributed by atoms with van der Waals surface area (Å²) in [6.45, 7) is 6.63. The van der Waals surface area contributed by atoms with E-state index in [9.17, 15) is 14.4 Å². The van der Waals surface area contributed by atoms with Gasteiger partial charge in [0.2, 0.25) is 0 Å². The van der Waals surface area contributed by atoms with Crippen molar-refractivity contribution < 1.29 is 28.6 Å². The van der Waals surface area contributed by atoms with Crippen molar-refractivity contribution in [2.45, 2.75) is 354 Å². The molecule has 0 N–H and O–H groups in total. The highest BCUT2D eigenvalue weighted by Crippen LogP contribution is 2.17. The molecule has 0 saturated heterocycles. The van der Waals surface area contributed by atoms with E-state index >= 15 is 0 Å². The zero-order chi connectivity index (χ0) is 53.6. The van der Waals surface area contributed by atoms with E-state index in [1.165, 1.54) is 231 Å². The van der Waals surface area contributed by atoms with Gasteiger partial charge in [0, 0.05) is 19.3 Å². The van der Waals surface area contributed by atoms with E-state index in [1.54, 1.807) is 0 Å². The van der Waals surface area contributed by atoms with Crippen LogP contribution < -0.4 is 0 Å². The number of hydrogen-bond acceptors (Lipinski definition) is 6. The molecule has 0 aromatic rings. The molecule has 1 unspecified atom stereocenters. The van der Waals surface area contributed by atoms with E-state index in [0.717, 1.165) is 77.0 Å². The fraction of sp³-hybridized carbons (Fsp3) is 0.838. The third-order valence-electron chi connectivity index (χ3n) is 14.6. The van der Waals surface area contributed by atoms with Gasteiger partial charge in [0.15, 0.2) is 6.10 Å². The van der Waals surface area contributed by atoms with Crippen molar-refractivity contribution in [3.05, 3.63) is 48.6 Å². The molecule has 0 aromatic heterocycles. The first-order valence-electron chi connectivity index (χ1n) is 32.6. The van der Waals surface area contributed by atoms with Crippen molar-refractivity contribution in [3.8, 4) is 0 Å². The van der Waals surface area contributed by atoms with E-state index in [2.05, 4.69) is 69.4 Å². The lowest BCUT2D eigenvalue weighted by atomic mass is 10.0. The highest BCUT2D eigenvalue weighted by molar-refractivity contribution is 5.71. The molecule has 0 spiro atoms. The molecule has 0 amide bonds. The molecule has 0 rings (SSSR count). The summed E-state index contributed by atoms with van der Waals surface area (Å²) in [5, 5.41) is 0. The number of ether oxygens (including phenoxy) is 3. The zero-order valence-electron chi connectivity index (χ0n) is 49.6. The summed E-state index contributed by atoms with van der Waals surface area (Å²) in [4.78, 5) is 38.1. The van der Waals surface area contributed by atoms with Gasteiger partial charge in [-0.3, -0.25) is 14.4 Å². The molecule has 0 aliphatic rings. The number of hydrogen-bond donors (Lipinski definition) is 0. The van der Waals surface area contributed by atoms with Gasteiger partial charge in [-0.05, 0) is 83.5 Å². The summed E-state index contributed by atoms with van der Waals surface area (Å²) in [6.07, 6.45) is 78.6. The minimum Gasteiger partial charge on any atom is -0.462 e. The lowest BCUT2D eigenvalue weighted by molar-refractivity contribution is -0.167. The largest absolute Gasteiger partial charge is 0.462 e. The molecule has 74 heavy (non-hydrogen) atoms. The summed E-state index contributed by atoms with van der Waals surface area (Å²) < 4.78 is 16.9. The third kappa shape index (κ3) is 60.2. The van der Waals surface area contributed by atoms with Crippen LogP contribution >= 0.6 is 0 Å². The molecule has 0 aliphatic heterocycles. The SMILES string of the molecule is CCCCCCC/C=C\C/C=C\C/C=C\CCCCCCCCC(=O)OC(COC(=O)CCCCCCCCCC)COC(=O)CCCCCCCCCCCCCCCCC/C=C\CCCCCCCCCC. The molecule has 0 radical (unpaired) electrons. The summed E-state index contributed by atoms with van der Waals surface area (Å²) in [6, 6.07) is 0. The molecule has 0 bridgehead atoms. The molecule has 432 valence electrons. The van der Waals surface area contributed by atoms with Gasteiger partial charge in [0.05, 0.1) is 0 Å². The van der Waals surface area contributed by atoms with Gasteiger partial charge in [-0.1, -0.05) is 294 Å². The molecule has 6 nitrogen and oxygen atoms in total. The Labute approximate surface area is 460 Å². The van der Waals surface area contributed by atoms with Gasteiger partial charge < -0.3 is 14.2 Å². The quantitative estimate of drug-likeness (QED) is 0.0261. The van der Waals surface area contributed by atoms with Crippen LogP contribution in [0.5, 0.6) is 0 Å². The first kappa shape index (κ1) is 71.4. The number of carbonyl (C=O) groups is 3. The Bertz CT molecular complexity index is 1280. The molecular formula is C68H124O6. The Balaban J connectivity index is 4.14. The summed E-state index contributed by atoms with van der Waals surface area (Å²) >= 11 is 0. The van der Waals surface area contributed by atoms with Crippen molar-refractivity contribution in [2.24, 2.45) is 0 Å². The Morgan fingerprint density at radius 3 is 0.770 bits per heavy atom. The summed E-state index contributed by atoms with van der Waals surface area (Å²) in [5.41, 5.74) is 0. The normalized spacial score (nSPS) is 12.3. The molecule has 6 heteroatoms. The third-order valence-corrected chi connectivity index (χ3v) is 14.6. The van der Waals surface area contributed by atoms with Crippen LogP contribution in [0.4, 0.5) is 0 Å². The number of unbranched alkanes of at least 4 members (excludes halogenated alkanes) is 41. The van der Waals surface area contributed by atoms with Crippen molar-refractivity contribution in [3.63, 3.8) is 0 Å². The van der Waals surface area contributed by atoms with Crippen LogP contribution in [0.1, 0.15) is 348 Å². The van der Waals surface area contributed by atoms with Crippen LogP contribution in [0.2, 0.25) is 0 Å². The number of carbonyl (C=O) groups excluding carboxylic acids is 3. The van der Waals surface area contributed by atoms with Gasteiger partial charge in [-0.15, -0.1) is 0 Å². The molecule has 0 saturated carbocycles. The second-order valence-electron chi connectivity index (χ2n) is 22.0. The second kappa shape index (κ2) is 62.9. The Kier molecular flexibility index (Phi) is 60.7. The lowest BCUT2D eigenvalue weighted by Crippen LogP contribution is -2.30. The number of rotatable bonds is 60. The highest BCUT2D eigenvalue weighted by Gasteiger charge is 2.19. The topological polar surface area (TPSA) is 78.9 Å². The smallest absolute Gasteiger partial charge is 0.306 e. The fourth-order valence-corrected chi connectivity index (χ4v) is 9.62. The average molecular weight is 1040 g/mol. The van der Waals surface area contributed by atoms with Crippen LogP contribution in [-0.2, 0) is 28.6 Å². The van der Waals surface area contributed by atoms with Crippen LogP contribution in [0.25, 0.3) is 0 Å². The van der Waals surface area contributed by atoms with E-state index in [4.69, 9.17) is 14.2 Å². The number of esters is 3. The highest BCUT2D eigenvalue weighted by atomic mass is 16.6. The van der Waals surface area contributed by atoms with Crippen LogP contribution in [0.15, 0.2) is 48.6 Å². The van der Waals surface area contributed by atoms with E-state index < -0.39 is 6.10 Å².